The molecule has 0 aliphatic heterocycles. The maximum atomic E-state index is 13.2. The summed E-state index contributed by atoms with van der Waals surface area (Å²) in [5, 5.41) is 8.82. The molecule has 4 rings (SSSR count). The number of nitrogens with zero attached hydrogens (tertiary/aromatic N) is 3. The molecule has 0 radical (unpaired) electrons. The number of nitrogens with one attached hydrogen (secondary N) is 1. The number of pyridine rings is 2. The van der Waals surface area contributed by atoms with Crippen molar-refractivity contribution in [2.24, 2.45) is 0 Å². The Morgan fingerprint density at radius 3 is 2.24 bits per heavy atom. The van der Waals surface area contributed by atoms with Crippen molar-refractivity contribution in [3.8, 4) is 29.0 Å². The van der Waals surface area contributed by atoms with E-state index in [9.17, 15) is 13.2 Å². The van der Waals surface area contributed by atoms with Crippen molar-refractivity contribution in [1.82, 2.24) is 14.7 Å². The topological polar surface area (TPSA) is 122 Å². The van der Waals surface area contributed by atoms with Crippen molar-refractivity contribution in [2.45, 2.75) is 32.7 Å². The van der Waals surface area contributed by atoms with E-state index in [2.05, 4.69) is 20.8 Å². The molecule has 8 nitrogen and oxygen atoms in total. The number of nitriles is 1. The first-order valence-electron chi connectivity index (χ1n) is 11.4. The number of amides is 1. The van der Waals surface area contributed by atoms with E-state index >= 15 is 0 Å². The molecular weight excluding hydrogens is 488 g/mol. The largest absolute Gasteiger partial charge is 0.438 e. The first kappa shape index (κ1) is 25.5. The van der Waals surface area contributed by atoms with Gasteiger partial charge >= 0.3 is 0 Å². The van der Waals surface area contributed by atoms with E-state index in [0.29, 0.717) is 28.3 Å². The van der Waals surface area contributed by atoms with Crippen LogP contribution in [0.4, 0.5) is 0 Å². The Labute approximate surface area is 218 Å². The molecule has 4 aromatic rings. The first-order chi connectivity index (χ1) is 17.6. The van der Waals surface area contributed by atoms with Crippen LogP contribution in [0.15, 0.2) is 71.8 Å². The van der Waals surface area contributed by atoms with Crippen LogP contribution in [0, 0.1) is 39.0 Å². The summed E-state index contributed by atoms with van der Waals surface area (Å²) in [6.45, 7) is 7.39. The second kappa shape index (κ2) is 10.2. The Kier molecular flexibility index (Phi) is 7.05. The molecule has 2 heterocycles. The van der Waals surface area contributed by atoms with Gasteiger partial charge in [0.2, 0.25) is 5.88 Å². The van der Waals surface area contributed by atoms with E-state index in [1.807, 2.05) is 32.9 Å². The second-order valence-corrected chi connectivity index (χ2v) is 10.2. The maximum absolute atomic E-state index is 13.2. The zero-order valence-corrected chi connectivity index (χ0v) is 21.6. The van der Waals surface area contributed by atoms with Gasteiger partial charge in [0.15, 0.2) is 5.03 Å². The highest BCUT2D eigenvalue weighted by atomic mass is 32.2. The summed E-state index contributed by atoms with van der Waals surface area (Å²) in [6, 6.07) is 20.3. The standard InChI is InChI=1S/C28H24N4O4S.2H2/c1-17-14-18(2)26(19(3)15-17)36-28-23(12-13-24(31-28)22-10-8-21(16-29)9-11-22)27(33)32-37(34,35)25-7-5-6-20(4)30-25;;/h5-15H,1-4H3,(H,32,33);2*1H. The summed E-state index contributed by atoms with van der Waals surface area (Å²) in [5.41, 5.74) is 4.85. The van der Waals surface area contributed by atoms with Crippen LogP contribution in [0.3, 0.4) is 0 Å². The lowest BCUT2D eigenvalue weighted by Crippen LogP contribution is -2.31. The van der Waals surface area contributed by atoms with Gasteiger partial charge in [0, 0.05) is 14.1 Å². The van der Waals surface area contributed by atoms with Crippen LogP contribution in [0.1, 0.15) is 41.2 Å². The Hall–Kier alpha value is -4.55. The van der Waals surface area contributed by atoms with Gasteiger partial charge in [-0.05, 0) is 75.2 Å². The molecule has 0 aliphatic rings. The summed E-state index contributed by atoms with van der Waals surface area (Å²) in [5.74, 6) is -0.436. The predicted octanol–water partition coefficient (Wildman–Crippen LogP) is 5.65. The molecule has 0 saturated carbocycles. The van der Waals surface area contributed by atoms with E-state index in [1.165, 1.54) is 12.1 Å². The molecule has 190 valence electrons. The number of hydrogen-bond donors (Lipinski definition) is 1. The zero-order chi connectivity index (χ0) is 26.7. The third-order valence-corrected chi connectivity index (χ3v) is 6.82. The van der Waals surface area contributed by atoms with Crippen molar-refractivity contribution >= 4 is 15.9 Å². The van der Waals surface area contributed by atoms with Gasteiger partial charge in [0.05, 0.1) is 17.3 Å². The molecule has 2 aromatic heterocycles. The lowest BCUT2D eigenvalue weighted by molar-refractivity contribution is 0.0978. The maximum Gasteiger partial charge on any atom is 0.281 e. The summed E-state index contributed by atoms with van der Waals surface area (Å²) in [4.78, 5) is 21.8. The van der Waals surface area contributed by atoms with Gasteiger partial charge in [0.25, 0.3) is 15.9 Å². The van der Waals surface area contributed by atoms with Crippen molar-refractivity contribution in [1.29, 1.82) is 5.26 Å². The quantitative estimate of drug-likeness (QED) is 0.351. The molecule has 0 atom stereocenters. The Morgan fingerprint density at radius 2 is 1.62 bits per heavy atom. The molecule has 1 N–H and O–H groups in total. The Balaban J connectivity index is 0.00000267. The van der Waals surface area contributed by atoms with Crippen LogP contribution in [-0.4, -0.2) is 24.3 Å². The Morgan fingerprint density at radius 1 is 0.946 bits per heavy atom. The fraction of sp³-hybridized carbons (Fsp3) is 0.143. The molecule has 9 heteroatoms. The van der Waals surface area contributed by atoms with Gasteiger partial charge in [-0.15, -0.1) is 0 Å². The minimum absolute atomic E-state index is 0. The molecule has 37 heavy (non-hydrogen) atoms. The number of hydrogen-bond acceptors (Lipinski definition) is 7. The highest BCUT2D eigenvalue weighted by Gasteiger charge is 2.24. The molecule has 0 fully saturated rings. The number of aromatic nitrogens is 2. The number of rotatable bonds is 6. The van der Waals surface area contributed by atoms with E-state index < -0.39 is 15.9 Å². The SMILES string of the molecule is Cc1cc(C)c(Oc2nc(-c3ccc(C#N)cc3)ccc2C(=O)NS(=O)(=O)c2cccc(C)n2)c(C)c1.[HH].[HH]. The molecule has 1 amide bonds. The average Bonchev–Trinajstić information content (AvgIpc) is 2.86. The van der Waals surface area contributed by atoms with Crippen LogP contribution in [0.2, 0.25) is 0 Å². The van der Waals surface area contributed by atoms with Crippen LogP contribution in [0.25, 0.3) is 11.3 Å². The normalized spacial score (nSPS) is 11.0. The van der Waals surface area contributed by atoms with E-state index in [0.717, 1.165) is 16.7 Å². The number of carbonyl (C=O) groups is 1. The molecule has 0 saturated heterocycles. The molecule has 0 unspecified atom stereocenters. The monoisotopic (exact) mass is 516 g/mol. The highest BCUT2D eigenvalue weighted by Crippen LogP contribution is 2.32. The number of aryl methyl sites for hydroxylation is 4. The molecular formula is C28H28N4O4S. The summed E-state index contributed by atoms with van der Waals surface area (Å²) in [6.07, 6.45) is 0. The third-order valence-electron chi connectivity index (χ3n) is 5.58. The lowest BCUT2D eigenvalue weighted by Gasteiger charge is -2.16. The van der Waals surface area contributed by atoms with Gasteiger partial charge in [-0.1, -0.05) is 35.9 Å². The first-order valence-corrected chi connectivity index (χ1v) is 12.8. The second-order valence-electron chi connectivity index (χ2n) is 8.62. The molecule has 2 aromatic carbocycles. The zero-order valence-electron chi connectivity index (χ0n) is 20.7. The summed E-state index contributed by atoms with van der Waals surface area (Å²) in [7, 11) is -4.24. The van der Waals surface area contributed by atoms with Crippen LogP contribution >= 0.6 is 0 Å². The minimum atomic E-state index is -4.24. The Bertz CT molecular complexity index is 1650. The van der Waals surface area contributed by atoms with E-state index in [1.54, 1.807) is 49.4 Å². The lowest BCUT2D eigenvalue weighted by atomic mass is 10.1. The molecule has 0 bridgehead atoms. The van der Waals surface area contributed by atoms with Crippen molar-refractivity contribution in [3.05, 3.63) is 100 Å². The number of ether oxygens (including phenoxy) is 1. The number of carbonyl (C=O) groups excluding carboxylic acids is 1. The predicted molar refractivity (Wildman–Crippen MR) is 143 cm³/mol. The number of sulfonamides is 1. The smallest absolute Gasteiger partial charge is 0.281 e. The van der Waals surface area contributed by atoms with Crippen molar-refractivity contribution in [3.63, 3.8) is 0 Å². The van der Waals surface area contributed by atoms with Gasteiger partial charge in [-0.2, -0.15) is 13.7 Å². The highest BCUT2D eigenvalue weighted by molar-refractivity contribution is 7.90. The molecule has 0 spiro atoms. The summed E-state index contributed by atoms with van der Waals surface area (Å²) >= 11 is 0. The minimum Gasteiger partial charge on any atom is -0.438 e. The van der Waals surface area contributed by atoms with Gasteiger partial charge in [-0.25, -0.2) is 14.7 Å². The van der Waals surface area contributed by atoms with Crippen molar-refractivity contribution < 1.29 is 20.8 Å². The van der Waals surface area contributed by atoms with Gasteiger partial charge < -0.3 is 4.74 Å². The van der Waals surface area contributed by atoms with Gasteiger partial charge in [-0.3, -0.25) is 4.79 Å². The van der Waals surface area contributed by atoms with E-state index in [-0.39, 0.29) is 19.3 Å². The van der Waals surface area contributed by atoms with Crippen molar-refractivity contribution in [2.75, 3.05) is 0 Å². The van der Waals surface area contributed by atoms with Gasteiger partial charge in [0.1, 0.15) is 11.3 Å². The van der Waals surface area contributed by atoms with Crippen LogP contribution in [-0.2, 0) is 10.0 Å². The number of benzene rings is 2. The fourth-order valence-electron chi connectivity index (χ4n) is 3.89. The molecule has 0 aliphatic carbocycles. The summed E-state index contributed by atoms with van der Waals surface area (Å²) < 4.78 is 33.9. The van der Waals surface area contributed by atoms with E-state index in [4.69, 9.17) is 10.00 Å². The average molecular weight is 517 g/mol. The fourth-order valence-corrected chi connectivity index (χ4v) is 4.87. The third kappa shape index (κ3) is 5.66. The van der Waals surface area contributed by atoms with Crippen LogP contribution in [0.5, 0.6) is 11.6 Å². The van der Waals surface area contributed by atoms with Crippen LogP contribution < -0.4 is 9.46 Å².